The average Bonchev–Trinajstić information content (AvgIpc) is 2.11. The predicted molar refractivity (Wildman–Crippen MR) is 57.9 cm³/mol. The van der Waals surface area contributed by atoms with E-state index in [2.05, 4.69) is 15.9 Å². The summed E-state index contributed by atoms with van der Waals surface area (Å²) in [7, 11) is 0. The minimum Gasteiger partial charge on any atom is -0.480 e. The normalized spacial score (nSPS) is 12.4. The van der Waals surface area contributed by atoms with Crippen LogP contribution in [0.4, 0.5) is 5.69 Å². The van der Waals surface area contributed by atoms with Gasteiger partial charge in [0.25, 0.3) is 0 Å². The summed E-state index contributed by atoms with van der Waals surface area (Å²) in [5.41, 5.74) is 12.4. The first-order valence-electron chi connectivity index (χ1n) is 4.03. The number of aliphatic carboxylic acids is 1. The minimum absolute atomic E-state index is 0.225. The summed E-state index contributed by atoms with van der Waals surface area (Å²) in [5, 5.41) is 8.64. The van der Waals surface area contributed by atoms with Crippen LogP contribution in [0.1, 0.15) is 5.56 Å². The summed E-state index contributed by atoms with van der Waals surface area (Å²) in [6.07, 6.45) is 0.225. The maximum Gasteiger partial charge on any atom is 0.320 e. The van der Waals surface area contributed by atoms with Crippen molar-refractivity contribution in [3.05, 3.63) is 28.2 Å². The van der Waals surface area contributed by atoms with Crippen molar-refractivity contribution in [1.82, 2.24) is 0 Å². The van der Waals surface area contributed by atoms with E-state index in [4.69, 9.17) is 16.6 Å². The second-order valence-electron chi connectivity index (χ2n) is 2.96. The van der Waals surface area contributed by atoms with Crippen LogP contribution in [0.2, 0.25) is 0 Å². The Morgan fingerprint density at radius 1 is 1.57 bits per heavy atom. The second-order valence-corrected chi connectivity index (χ2v) is 3.81. The number of nitrogens with two attached hydrogens (primary N) is 2. The number of carboxylic acid groups (broad SMARTS) is 1. The summed E-state index contributed by atoms with van der Waals surface area (Å²) >= 11 is 3.30. The molecule has 0 aliphatic rings. The van der Waals surface area contributed by atoms with Crippen LogP contribution in [0.15, 0.2) is 22.7 Å². The first kappa shape index (κ1) is 11.0. The molecule has 1 rings (SSSR count). The van der Waals surface area contributed by atoms with Crippen molar-refractivity contribution in [3.63, 3.8) is 0 Å². The van der Waals surface area contributed by atoms with E-state index in [-0.39, 0.29) is 6.42 Å². The molecule has 0 radical (unpaired) electrons. The van der Waals surface area contributed by atoms with Gasteiger partial charge in [0, 0.05) is 16.6 Å². The molecular formula is C9H11BrN2O2. The van der Waals surface area contributed by atoms with E-state index in [0.717, 1.165) is 10.0 Å². The number of carboxylic acids is 1. The van der Waals surface area contributed by atoms with Crippen molar-refractivity contribution < 1.29 is 9.90 Å². The van der Waals surface area contributed by atoms with Crippen LogP contribution in [-0.2, 0) is 11.2 Å². The molecule has 1 atom stereocenters. The first-order valence-corrected chi connectivity index (χ1v) is 4.83. The van der Waals surface area contributed by atoms with Gasteiger partial charge in [0.15, 0.2) is 0 Å². The van der Waals surface area contributed by atoms with Crippen LogP contribution in [0, 0.1) is 0 Å². The average molecular weight is 259 g/mol. The van der Waals surface area contributed by atoms with Gasteiger partial charge in [-0.3, -0.25) is 4.79 Å². The van der Waals surface area contributed by atoms with Gasteiger partial charge in [-0.25, -0.2) is 0 Å². The number of anilines is 1. The summed E-state index contributed by atoms with van der Waals surface area (Å²) in [6.45, 7) is 0. The molecule has 0 heterocycles. The molecule has 1 aromatic rings. The highest BCUT2D eigenvalue weighted by Gasteiger charge is 2.15. The van der Waals surface area contributed by atoms with Crippen molar-refractivity contribution in [2.45, 2.75) is 12.5 Å². The van der Waals surface area contributed by atoms with Crippen LogP contribution in [-0.4, -0.2) is 17.1 Å². The zero-order valence-corrected chi connectivity index (χ0v) is 8.99. The Labute approximate surface area is 90.0 Å². The predicted octanol–water partition coefficient (Wildman–Crippen LogP) is 0.986. The molecule has 4 nitrogen and oxygen atoms in total. The summed E-state index contributed by atoms with van der Waals surface area (Å²) in [4.78, 5) is 10.5. The van der Waals surface area contributed by atoms with Crippen molar-refractivity contribution >= 4 is 27.6 Å². The van der Waals surface area contributed by atoms with Gasteiger partial charge in [-0.05, 0) is 17.7 Å². The lowest BCUT2D eigenvalue weighted by Gasteiger charge is -2.10. The molecule has 0 bridgehead atoms. The van der Waals surface area contributed by atoms with E-state index in [1.54, 1.807) is 18.2 Å². The molecular weight excluding hydrogens is 248 g/mol. The van der Waals surface area contributed by atoms with E-state index >= 15 is 0 Å². The molecule has 0 aliphatic heterocycles. The number of carbonyl (C=O) groups is 1. The highest BCUT2D eigenvalue weighted by Crippen LogP contribution is 2.23. The standard InChI is InChI=1S/C9H11BrN2O2/c10-6-2-1-3-7(11)5(6)4-8(12)9(13)14/h1-3,8H,4,11-12H2,(H,13,14)/t8-/m1/s1. The molecule has 0 saturated carbocycles. The molecule has 0 fully saturated rings. The maximum atomic E-state index is 10.5. The first-order chi connectivity index (χ1) is 6.52. The van der Waals surface area contributed by atoms with Gasteiger partial charge in [-0.15, -0.1) is 0 Å². The third-order valence-corrected chi connectivity index (χ3v) is 2.64. The molecule has 0 amide bonds. The zero-order chi connectivity index (χ0) is 10.7. The SMILES string of the molecule is Nc1cccc(Br)c1C[C@@H](N)C(=O)O. The van der Waals surface area contributed by atoms with Crippen molar-refractivity contribution in [3.8, 4) is 0 Å². The third-order valence-electron chi connectivity index (χ3n) is 1.90. The summed E-state index contributed by atoms with van der Waals surface area (Å²) < 4.78 is 0.786. The highest BCUT2D eigenvalue weighted by atomic mass is 79.9. The Balaban J connectivity index is 2.91. The van der Waals surface area contributed by atoms with Gasteiger partial charge < -0.3 is 16.6 Å². The van der Waals surface area contributed by atoms with E-state index in [9.17, 15) is 4.79 Å². The van der Waals surface area contributed by atoms with Crippen molar-refractivity contribution in [2.75, 3.05) is 5.73 Å². The van der Waals surface area contributed by atoms with Gasteiger partial charge in [-0.1, -0.05) is 22.0 Å². The molecule has 0 saturated heterocycles. The molecule has 0 unspecified atom stereocenters. The van der Waals surface area contributed by atoms with Gasteiger partial charge in [0.1, 0.15) is 6.04 Å². The van der Waals surface area contributed by atoms with E-state index in [1.165, 1.54) is 0 Å². The fraction of sp³-hybridized carbons (Fsp3) is 0.222. The lowest BCUT2D eigenvalue weighted by Crippen LogP contribution is -2.32. The Hall–Kier alpha value is -1.07. The van der Waals surface area contributed by atoms with E-state index in [1.807, 2.05) is 0 Å². The minimum atomic E-state index is -1.03. The van der Waals surface area contributed by atoms with Gasteiger partial charge in [-0.2, -0.15) is 0 Å². The molecule has 0 aliphatic carbocycles. The number of rotatable bonds is 3. The largest absolute Gasteiger partial charge is 0.480 e. The number of hydrogen-bond acceptors (Lipinski definition) is 3. The molecule has 0 spiro atoms. The van der Waals surface area contributed by atoms with Crippen LogP contribution >= 0.6 is 15.9 Å². The molecule has 0 aromatic heterocycles. The number of nitrogen functional groups attached to an aromatic ring is 1. The number of benzene rings is 1. The summed E-state index contributed by atoms with van der Waals surface area (Å²) in [6, 6.07) is 4.39. The van der Waals surface area contributed by atoms with Crippen LogP contribution in [0.5, 0.6) is 0 Å². The maximum absolute atomic E-state index is 10.5. The zero-order valence-electron chi connectivity index (χ0n) is 7.40. The molecule has 76 valence electrons. The van der Waals surface area contributed by atoms with Crippen LogP contribution < -0.4 is 11.5 Å². The molecule has 5 N–H and O–H groups in total. The topological polar surface area (TPSA) is 89.3 Å². The molecule has 14 heavy (non-hydrogen) atoms. The van der Waals surface area contributed by atoms with E-state index < -0.39 is 12.0 Å². The monoisotopic (exact) mass is 258 g/mol. The Morgan fingerprint density at radius 2 is 2.21 bits per heavy atom. The lowest BCUT2D eigenvalue weighted by molar-refractivity contribution is -0.138. The fourth-order valence-corrected chi connectivity index (χ4v) is 1.64. The van der Waals surface area contributed by atoms with E-state index in [0.29, 0.717) is 5.69 Å². The molecule has 5 heteroatoms. The Morgan fingerprint density at radius 3 is 2.71 bits per heavy atom. The molecule has 1 aromatic carbocycles. The second kappa shape index (κ2) is 4.43. The summed E-state index contributed by atoms with van der Waals surface area (Å²) in [5.74, 6) is -1.03. The Bertz CT molecular complexity index is 334. The van der Waals surface area contributed by atoms with Crippen molar-refractivity contribution in [2.24, 2.45) is 5.73 Å². The van der Waals surface area contributed by atoms with Crippen molar-refractivity contribution in [1.29, 1.82) is 0 Å². The number of hydrogen-bond donors (Lipinski definition) is 3. The quantitative estimate of drug-likeness (QED) is 0.706. The van der Waals surface area contributed by atoms with Gasteiger partial charge in [0.05, 0.1) is 0 Å². The van der Waals surface area contributed by atoms with Crippen LogP contribution in [0.25, 0.3) is 0 Å². The lowest BCUT2D eigenvalue weighted by atomic mass is 10.1. The van der Waals surface area contributed by atoms with Gasteiger partial charge >= 0.3 is 5.97 Å². The third kappa shape index (κ3) is 2.46. The van der Waals surface area contributed by atoms with Gasteiger partial charge in [0.2, 0.25) is 0 Å². The highest BCUT2D eigenvalue weighted by molar-refractivity contribution is 9.10. The Kier molecular flexibility index (Phi) is 3.49. The van der Waals surface area contributed by atoms with Crippen LogP contribution in [0.3, 0.4) is 0 Å². The number of halogens is 1. The fourth-order valence-electron chi connectivity index (χ4n) is 1.10. The smallest absolute Gasteiger partial charge is 0.320 e.